The highest BCUT2D eigenvalue weighted by Crippen LogP contribution is 2.32. The number of hydrogen-bond donors (Lipinski definition) is 1. The van der Waals surface area contributed by atoms with Gasteiger partial charge in [0.15, 0.2) is 0 Å². The number of benzene rings is 2. The van der Waals surface area contributed by atoms with Crippen LogP contribution in [0.2, 0.25) is 5.02 Å². The fraction of sp³-hybridized carbons (Fsp3) is 0.0909. The van der Waals surface area contributed by atoms with Gasteiger partial charge in [-0.3, -0.25) is 19.3 Å². The molecule has 0 unspecified atom stereocenters. The lowest BCUT2D eigenvalue weighted by atomic mass is 10.2. The molecule has 0 aliphatic carbocycles. The molecule has 1 aromatic heterocycles. The molecule has 7 nitrogen and oxygen atoms in total. The number of imide groups is 1. The monoisotopic (exact) mass is 454 g/mol. The zero-order valence-corrected chi connectivity index (χ0v) is 17.8. The number of thioether (sulfide) groups is 1. The van der Waals surface area contributed by atoms with Gasteiger partial charge in [0.1, 0.15) is 12.1 Å². The number of carbonyl (C=O) groups is 3. The molecule has 0 radical (unpaired) electrons. The first-order chi connectivity index (χ1) is 14.8. The third kappa shape index (κ3) is 4.40. The molecular weight excluding hydrogens is 440 g/mol. The van der Waals surface area contributed by atoms with Crippen molar-refractivity contribution in [1.82, 2.24) is 4.90 Å². The highest BCUT2D eigenvalue weighted by molar-refractivity contribution is 8.18. The lowest BCUT2D eigenvalue weighted by Gasteiger charge is -2.12. The molecule has 2 aromatic carbocycles. The van der Waals surface area contributed by atoms with Gasteiger partial charge in [-0.05, 0) is 54.6 Å². The molecule has 3 amide bonds. The Morgan fingerprint density at radius 3 is 2.71 bits per heavy atom. The minimum Gasteiger partial charge on any atom is -0.422 e. The van der Waals surface area contributed by atoms with Crippen LogP contribution in [0.15, 0.2) is 62.6 Å². The summed E-state index contributed by atoms with van der Waals surface area (Å²) in [5.41, 5.74) is 1.25. The van der Waals surface area contributed by atoms with Crippen molar-refractivity contribution in [3.63, 3.8) is 0 Å². The first kappa shape index (κ1) is 20.9. The molecule has 31 heavy (non-hydrogen) atoms. The van der Waals surface area contributed by atoms with Gasteiger partial charge in [-0.15, -0.1) is 0 Å². The van der Waals surface area contributed by atoms with Gasteiger partial charge in [0.2, 0.25) is 5.91 Å². The zero-order chi connectivity index (χ0) is 22.1. The van der Waals surface area contributed by atoms with Crippen molar-refractivity contribution in [1.29, 1.82) is 0 Å². The van der Waals surface area contributed by atoms with Crippen LogP contribution >= 0.6 is 23.4 Å². The van der Waals surface area contributed by atoms with Crippen LogP contribution in [0.1, 0.15) is 11.1 Å². The van der Waals surface area contributed by atoms with Crippen LogP contribution in [-0.4, -0.2) is 28.5 Å². The van der Waals surface area contributed by atoms with Crippen molar-refractivity contribution in [2.24, 2.45) is 0 Å². The highest BCUT2D eigenvalue weighted by atomic mass is 35.5. The molecule has 0 bridgehead atoms. The number of nitrogens with zero attached hydrogens (tertiary/aromatic N) is 1. The summed E-state index contributed by atoms with van der Waals surface area (Å²) >= 11 is 6.71. The van der Waals surface area contributed by atoms with Crippen LogP contribution in [0.3, 0.4) is 0 Å². The van der Waals surface area contributed by atoms with Crippen LogP contribution in [0.25, 0.3) is 17.0 Å². The van der Waals surface area contributed by atoms with Gasteiger partial charge in [0.05, 0.1) is 10.5 Å². The maximum Gasteiger partial charge on any atom is 0.343 e. The zero-order valence-electron chi connectivity index (χ0n) is 16.2. The van der Waals surface area contributed by atoms with E-state index in [1.54, 1.807) is 48.5 Å². The second-order valence-corrected chi connectivity index (χ2v) is 8.21. The number of aryl methyl sites for hydroxylation is 1. The molecular formula is C22H15ClN2O5S. The van der Waals surface area contributed by atoms with E-state index in [4.69, 9.17) is 16.0 Å². The van der Waals surface area contributed by atoms with Gasteiger partial charge in [-0.25, -0.2) is 4.79 Å². The van der Waals surface area contributed by atoms with Crippen LogP contribution in [0.5, 0.6) is 0 Å². The molecule has 0 atom stereocenters. The predicted molar refractivity (Wildman–Crippen MR) is 120 cm³/mol. The Morgan fingerprint density at radius 1 is 1.16 bits per heavy atom. The molecule has 0 saturated carbocycles. The molecule has 156 valence electrons. The fourth-order valence-electron chi connectivity index (χ4n) is 2.97. The van der Waals surface area contributed by atoms with Crippen molar-refractivity contribution < 1.29 is 18.8 Å². The number of halogens is 1. The maximum absolute atomic E-state index is 12.7. The summed E-state index contributed by atoms with van der Waals surface area (Å²) in [6.07, 6.45) is 1.31. The summed E-state index contributed by atoms with van der Waals surface area (Å²) in [6, 6.07) is 13.6. The quantitative estimate of drug-likeness (QED) is 0.462. The molecule has 1 aliphatic rings. The average molecular weight is 455 g/mol. The average Bonchev–Trinajstić information content (AvgIpc) is 2.98. The second kappa shape index (κ2) is 8.41. The summed E-state index contributed by atoms with van der Waals surface area (Å²) in [4.78, 5) is 50.4. The predicted octanol–water partition coefficient (Wildman–Crippen LogP) is 4.43. The normalized spacial score (nSPS) is 15.2. The second-order valence-electron chi connectivity index (χ2n) is 6.81. The van der Waals surface area contributed by atoms with Gasteiger partial charge < -0.3 is 9.73 Å². The molecule has 1 saturated heterocycles. The fourth-order valence-corrected chi connectivity index (χ4v) is 3.98. The highest BCUT2D eigenvalue weighted by Gasteiger charge is 2.36. The smallest absolute Gasteiger partial charge is 0.343 e. The molecule has 0 spiro atoms. The van der Waals surface area contributed by atoms with Crippen LogP contribution in [0.4, 0.5) is 10.5 Å². The maximum atomic E-state index is 12.7. The number of amides is 3. The van der Waals surface area contributed by atoms with Crippen LogP contribution < -0.4 is 10.9 Å². The Balaban J connectivity index is 1.52. The summed E-state index contributed by atoms with van der Waals surface area (Å²) in [6.45, 7) is 1.37. The van der Waals surface area contributed by atoms with Gasteiger partial charge in [-0.1, -0.05) is 35.9 Å². The first-order valence-corrected chi connectivity index (χ1v) is 10.4. The van der Waals surface area contributed by atoms with E-state index in [1.807, 2.05) is 6.92 Å². The lowest BCUT2D eigenvalue weighted by Crippen LogP contribution is -2.36. The molecule has 9 heteroatoms. The van der Waals surface area contributed by atoms with Crippen molar-refractivity contribution >= 4 is 63.1 Å². The molecule has 3 aromatic rings. The van der Waals surface area contributed by atoms with E-state index < -0.39 is 29.2 Å². The largest absolute Gasteiger partial charge is 0.422 e. The molecule has 4 rings (SSSR count). The van der Waals surface area contributed by atoms with E-state index in [0.29, 0.717) is 33.4 Å². The molecule has 2 heterocycles. The summed E-state index contributed by atoms with van der Waals surface area (Å²) in [5, 5.41) is 3.18. The van der Waals surface area contributed by atoms with Crippen LogP contribution in [-0.2, 0) is 9.59 Å². The van der Waals surface area contributed by atoms with Crippen molar-refractivity contribution in [3.8, 4) is 0 Å². The Hall–Kier alpha value is -3.36. The molecule has 1 N–H and O–H groups in total. The van der Waals surface area contributed by atoms with E-state index in [1.165, 1.54) is 6.08 Å². The third-order valence-electron chi connectivity index (χ3n) is 4.59. The van der Waals surface area contributed by atoms with Gasteiger partial charge in [0.25, 0.3) is 11.1 Å². The SMILES string of the molecule is Cc1ccc(NC(=O)CN2C(=O)S/C(=C/c3cc4ccccc4oc3=O)C2=O)cc1Cl. The summed E-state index contributed by atoms with van der Waals surface area (Å²) in [7, 11) is 0. The minimum atomic E-state index is -0.653. The Bertz CT molecular complexity index is 1330. The molecule has 1 fully saturated rings. The number of rotatable bonds is 4. The Morgan fingerprint density at radius 2 is 1.94 bits per heavy atom. The van der Waals surface area contributed by atoms with Crippen LogP contribution in [0, 0.1) is 6.92 Å². The van der Waals surface area contributed by atoms with E-state index in [-0.39, 0.29) is 10.5 Å². The summed E-state index contributed by atoms with van der Waals surface area (Å²) < 4.78 is 5.25. The van der Waals surface area contributed by atoms with E-state index >= 15 is 0 Å². The number of fused-ring (bicyclic) bond motifs is 1. The number of nitrogens with one attached hydrogen (secondary N) is 1. The van der Waals surface area contributed by atoms with Gasteiger partial charge in [0, 0.05) is 16.1 Å². The van der Waals surface area contributed by atoms with Crippen molar-refractivity contribution in [3.05, 3.63) is 80.0 Å². The third-order valence-corrected chi connectivity index (χ3v) is 5.90. The number of hydrogen-bond acceptors (Lipinski definition) is 6. The Kier molecular flexibility index (Phi) is 5.67. The summed E-state index contributed by atoms with van der Waals surface area (Å²) in [5.74, 6) is -1.20. The first-order valence-electron chi connectivity index (χ1n) is 9.16. The number of para-hydroxylation sites is 1. The Labute approximate surface area is 185 Å². The minimum absolute atomic E-state index is 0.0405. The van der Waals surface area contributed by atoms with Gasteiger partial charge in [-0.2, -0.15) is 0 Å². The number of carbonyl (C=O) groups excluding carboxylic acids is 3. The van der Waals surface area contributed by atoms with Crippen molar-refractivity contribution in [2.45, 2.75) is 6.92 Å². The topological polar surface area (TPSA) is 96.7 Å². The van der Waals surface area contributed by atoms with Gasteiger partial charge >= 0.3 is 5.63 Å². The van der Waals surface area contributed by atoms with E-state index in [9.17, 15) is 19.2 Å². The lowest BCUT2D eigenvalue weighted by molar-refractivity contribution is -0.127. The van der Waals surface area contributed by atoms with E-state index in [0.717, 1.165) is 10.5 Å². The number of anilines is 1. The van der Waals surface area contributed by atoms with Crippen molar-refractivity contribution in [2.75, 3.05) is 11.9 Å². The molecule has 1 aliphatic heterocycles. The standard InChI is InChI=1S/C22H15ClN2O5S/c1-12-6-7-15(10-16(12)23)24-19(26)11-25-20(27)18(31-22(25)29)9-14-8-13-4-2-3-5-17(13)30-21(14)28/h2-10H,11H2,1H3,(H,24,26)/b18-9+. The van der Waals surface area contributed by atoms with E-state index in [2.05, 4.69) is 5.32 Å².